The van der Waals surface area contributed by atoms with Crippen LogP contribution in [0.4, 0.5) is 20.7 Å². The number of aromatic hydroxyl groups is 1. The number of morpholine rings is 1. The van der Waals surface area contributed by atoms with Gasteiger partial charge in [0.1, 0.15) is 5.75 Å². The number of aromatic nitrogens is 3. The molecule has 1 aromatic carbocycles. The van der Waals surface area contributed by atoms with Gasteiger partial charge in [-0.15, -0.1) is 0 Å². The number of alkyl halides is 2. The molecule has 5 rings (SSSR count). The van der Waals surface area contributed by atoms with Crippen LogP contribution < -0.4 is 9.80 Å². The van der Waals surface area contributed by atoms with Gasteiger partial charge < -0.3 is 14.7 Å². The van der Waals surface area contributed by atoms with Gasteiger partial charge in [0.15, 0.2) is 11.7 Å². The largest absolute Gasteiger partial charge is 0.508 e. The summed E-state index contributed by atoms with van der Waals surface area (Å²) in [5.41, 5.74) is 0.591. The molecule has 2 aromatic rings. The van der Waals surface area contributed by atoms with Gasteiger partial charge >= 0.3 is 0 Å². The Bertz CT molecular complexity index is 982. The Morgan fingerprint density at radius 2 is 1.81 bits per heavy atom. The number of ether oxygens (including phenoxy) is 1. The van der Waals surface area contributed by atoms with Gasteiger partial charge in [-0.1, -0.05) is 25.0 Å². The molecule has 1 N–H and O–H groups in total. The van der Waals surface area contributed by atoms with E-state index in [0.717, 1.165) is 25.7 Å². The summed E-state index contributed by atoms with van der Waals surface area (Å²) in [5, 5.41) is 9.92. The molecular weight excluding hydrogens is 406 g/mol. The lowest BCUT2D eigenvalue weighted by Gasteiger charge is -2.32. The minimum Gasteiger partial charge on any atom is -0.508 e. The lowest BCUT2D eigenvalue weighted by molar-refractivity contribution is 0.122. The van der Waals surface area contributed by atoms with Crippen LogP contribution in [0.15, 0.2) is 29.3 Å². The van der Waals surface area contributed by atoms with Crippen molar-refractivity contribution >= 4 is 17.7 Å². The summed E-state index contributed by atoms with van der Waals surface area (Å²) in [4.78, 5) is 21.6. The number of anilines is 2. The number of benzene rings is 1. The first kappa shape index (κ1) is 20.0. The first-order valence-electron chi connectivity index (χ1n) is 10.6. The van der Waals surface area contributed by atoms with E-state index in [2.05, 4.69) is 19.9 Å². The van der Waals surface area contributed by atoms with Crippen molar-refractivity contribution in [3.05, 3.63) is 24.3 Å². The number of phenols is 1. The zero-order chi connectivity index (χ0) is 21.4. The molecule has 1 saturated heterocycles. The van der Waals surface area contributed by atoms with E-state index in [-0.39, 0.29) is 29.6 Å². The third-order valence-electron chi connectivity index (χ3n) is 5.99. The van der Waals surface area contributed by atoms with Crippen molar-refractivity contribution < 1.29 is 18.6 Å². The molecule has 0 amide bonds. The van der Waals surface area contributed by atoms with Gasteiger partial charge in [-0.3, -0.25) is 9.89 Å². The predicted molar refractivity (Wildman–Crippen MR) is 112 cm³/mol. The Morgan fingerprint density at radius 3 is 2.58 bits per heavy atom. The second-order valence-electron chi connectivity index (χ2n) is 7.99. The third-order valence-corrected chi connectivity index (χ3v) is 5.99. The zero-order valence-corrected chi connectivity index (χ0v) is 17.0. The Morgan fingerprint density at radius 1 is 1.03 bits per heavy atom. The van der Waals surface area contributed by atoms with Gasteiger partial charge in [0, 0.05) is 18.7 Å². The number of amidine groups is 1. The van der Waals surface area contributed by atoms with Crippen molar-refractivity contribution in [2.45, 2.75) is 44.2 Å². The van der Waals surface area contributed by atoms with Crippen molar-refractivity contribution in [1.29, 1.82) is 0 Å². The summed E-state index contributed by atoms with van der Waals surface area (Å²) < 4.78 is 33.3. The molecule has 1 saturated carbocycles. The van der Waals surface area contributed by atoms with Gasteiger partial charge in [0.2, 0.25) is 11.9 Å². The Kier molecular flexibility index (Phi) is 5.39. The van der Waals surface area contributed by atoms with Crippen LogP contribution in [0.1, 0.15) is 25.7 Å². The fraction of sp³-hybridized carbons (Fsp3) is 0.524. The summed E-state index contributed by atoms with van der Waals surface area (Å²) in [7, 11) is 0. The number of phenolic OH excluding ortho intramolecular Hbond substituents is 1. The molecule has 2 aliphatic heterocycles. The quantitative estimate of drug-likeness (QED) is 0.798. The second kappa shape index (κ2) is 8.33. The third kappa shape index (κ3) is 3.91. The van der Waals surface area contributed by atoms with E-state index in [1.54, 1.807) is 24.3 Å². The normalized spacial score (nSPS) is 23.8. The van der Waals surface area contributed by atoms with Crippen LogP contribution in [-0.2, 0) is 4.74 Å². The first-order valence-corrected chi connectivity index (χ1v) is 10.6. The Hall–Kier alpha value is -2.88. The Balaban J connectivity index is 1.61. The molecule has 164 valence electrons. The molecule has 2 atom stereocenters. The minimum atomic E-state index is -2.71. The number of halogens is 2. The van der Waals surface area contributed by atoms with Gasteiger partial charge in [0.25, 0.3) is 6.43 Å². The van der Waals surface area contributed by atoms with Crippen LogP contribution in [0.2, 0.25) is 0 Å². The van der Waals surface area contributed by atoms with Crippen molar-refractivity contribution in [2.24, 2.45) is 4.99 Å². The highest BCUT2D eigenvalue weighted by atomic mass is 19.3. The van der Waals surface area contributed by atoms with E-state index in [1.807, 2.05) is 4.90 Å². The summed E-state index contributed by atoms with van der Waals surface area (Å²) in [6, 6.07) is 6.25. The maximum absolute atomic E-state index is 13.9. The number of hydrogen-bond acceptors (Lipinski definition) is 8. The molecule has 31 heavy (non-hydrogen) atoms. The highest BCUT2D eigenvalue weighted by molar-refractivity contribution is 6.01. The fourth-order valence-corrected chi connectivity index (χ4v) is 4.50. The maximum Gasteiger partial charge on any atom is 0.295 e. The van der Waals surface area contributed by atoms with Crippen molar-refractivity contribution in [3.8, 4) is 17.1 Å². The van der Waals surface area contributed by atoms with E-state index in [9.17, 15) is 13.9 Å². The molecule has 10 heteroatoms. The topological polar surface area (TPSA) is 87.0 Å². The second-order valence-corrected chi connectivity index (χ2v) is 7.99. The number of hydrogen-bond donors (Lipinski definition) is 1. The molecule has 1 unspecified atom stereocenters. The Labute approximate surface area is 178 Å². The lowest BCUT2D eigenvalue weighted by Crippen LogP contribution is -2.45. The zero-order valence-electron chi connectivity index (χ0n) is 17.0. The highest BCUT2D eigenvalue weighted by Crippen LogP contribution is 2.35. The average molecular weight is 430 g/mol. The molecule has 2 fully saturated rings. The van der Waals surface area contributed by atoms with Crippen LogP contribution in [0.3, 0.4) is 0 Å². The summed E-state index contributed by atoms with van der Waals surface area (Å²) >= 11 is 0. The molecule has 1 aromatic heterocycles. The SMILES string of the molecule is Oc1cccc(-c2nc(N3CCOCC3)nc(N3C(C(F)F)=NC4CCCC[C@H]43)n2)c1. The maximum atomic E-state index is 13.9. The monoisotopic (exact) mass is 430 g/mol. The first-order chi connectivity index (χ1) is 15.1. The van der Waals surface area contributed by atoms with Crippen molar-refractivity contribution in [2.75, 3.05) is 36.1 Å². The minimum absolute atomic E-state index is 0.0794. The molecule has 8 nitrogen and oxygen atoms in total. The van der Waals surface area contributed by atoms with Crippen LogP contribution in [0, 0.1) is 0 Å². The van der Waals surface area contributed by atoms with Crippen LogP contribution >= 0.6 is 0 Å². The fourth-order valence-electron chi connectivity index (χ4n) is 4.50. The molecule has 0 spiro atoms. The molecule has 3 aliphatic rings. The summed E-state index contributed by atoms with van der Waals surface area (Å²) in [6.45, 7) is 2.29. The van der Waals surface area contributed by atoms with Gasteiger partial charge in [0.05, 0.1) is 25.3 Å². The van der Waals surface area contributed by atoms with Gasteiger partial charge in [-0.25, -0.2) is 8.78 Å². The van der Waals surface area contributed by atoms with Crippen molar-refractivity contribution in [3.63, 3.8) is 0 Å². The van der Waals surface area contributed by atoms with Crippen molar-refractivity contribution in [1.82, 2.24) is 15.0 Å². The predicted octanol–water partition coefficient (Wildman–Crippen LogP) is 2.88. The average Bonchev–Trinajstić information content (AvgIpc) is 3.19. The highest BCUT2D eigenvalue weighted by Gasteiger charge is 2.43. The molecule has 3 heterocycles. The van der Waals surface area contributed by atoms with Crippen LogP contribution in [-0.4, -0.2) is 70.7 Å². The number of nitrogens with zero attached hydrogens (tertiary/aromatic N) is 6. The molecular formula is C21H24F2N6O2. The number of aliphatic imine (C=N–C) groups is 1. The standard InChI is InChI=1S/C21H24F2N6O2/c22-17(23)19-24-15-6-1-2-7-16(15)29(19)21-26-18(13-4-3-5-14(30)12-13)25-20(27-21)28-8-10-31-11-9-28/h3-5,12,15-17,30H,1-2,6-11H2/t15?,16-/m1/s1. The molecule has 1 aliphatic carbocycles. The van der Waals surface area contributed by atoms with E-state index in [1.165, 1.54) is 4.90 Å². The number of rotatable bonds is 4. The van der Waals surface area contributed by atoms with E-state index in [4.69, 9.17) is 4.74 Å². The smallest absolute Gasteiger partial charge is 0.295 e. The van der Waals surface area contributed by atoms with Crippen LogP contribution in [0.5, 0.6) is 5.75 Å². The van der Waals surface area contributed by atoms with Gasteiger partial charge in [-0.05, 0) is 25.0 Å². The molecule has 0 radical (unpaired) electrons. The summed E-state index contributed by atoms with van der Waals surface area (Å²) in [6.07, 6.45) is 0.797. The van der Waals surface area contributed by atoms with E-state index < -0.39 is 6.43 Å². The van der Waals surface area contributed by atoms with Crippen LogP contribution in [0.25, 0.3) is 11.4 Å². The van der Waals surface area contributed by atoms with Gasteiger partial charge in [-0.2, -0.15) is 15.0 Å². The van der Waals surface area contributed by atoms with E-state index in [0.29, 0.717) is 43.6 Å². The lowest BCUT2D eigenvalue weighted by atomic mass is 9.91. The van der Waals surface area contributed by atoms with E-state index >= 15 is 0 Å². The number of fused-ring (bicyclic) bond motifs is 1. The summed E-state index contributed by atoms with van der Waals surface area (Å²) in [5.74, 6) is 0.742. The molecule has 0 bridgehead atoms.